The molecule has 4 heteroatoms. The van der Waals surface area contributed by atoms with Gasteiger partial charge in [0.2, 0.25) is 0 Å². The third-order valence-corrected chi connectivity index (χ3v) is 6.53. The smallest absolute Gasteiger partial charge is 0.193 e. The molecule has 4 nitrogen and oxygen atoms in total. The minimum atomic E-state index is 0.419. The molecule has 4 fully saturated rings. The van der Waals surface area contributed by atoms with Crippen LogP contribution < -0.4 is 5.32 Å². The Kier molecular flexibility index (Phi) is 3.40. The topological polar surface area (TPSA) is 36.9 Å². The average Bonchev–Trinajstić information content (AvgIpc) is 3.06. The fourth-order valence-electron chi connectivity index (χ4n) is 4.73. The lowest BCUT2D eigenvalue weighted by atomic mass is 9.65. The number of hydrogen-bond donors (Lipinski definition) is 1. The predicted molar refractivity (Wildman–Crippen MR) is 84.4 cm³/mol. The molecule has 21 heavy (non-hydrogen) atoms. The molecular formula is C17H29N3O. The Hall–Kier alpha value is -0.770. The van der Waals surface area contributed by atoms with E-state index in [2.05, 4.69) is 15.2 Å². The number of nitrogens with zero attached hydrogens (tertiary/aromatic N) is 2. The van der Waals surface area contributed by atoms with Gasteiger partial charge in [-0.2, -0.15) is 0 Å². The summed E-state index contributed by atoms with van der Waals surface area (Å²) in [6.45, 7) is 5.31. The van der Waals surface area contributed by atoms with Crippen LogP contribution in [0.15, 0.2) is 4.99 Å². The normalized spacial score (nSPS) is 35.3. The van der Waals surface area contributed by atoms with Gasteiger partial charge in [0.25, 0.3) is 0 Å². The van der Waals surface area contributed by atoms with Gasteiger partial charge in [-0.15, -0.1) is 0 Å². The van der Waals surface area contributed by atoms with E-state index >= 15 is 0 Å². The van der Waals surface area contributed by atoms with Crippen LogP contribution in [-0.2, 0) is 4.74 Å². The van der Waals surface area contributed by atoms with Crippen LogP contribution >= 0.6 is 0 Å². The zero-order chi connectivity index (χ0) is 14.3. The highest BCUT2D eigenvalue weighted by Gasteiger charge is 2.49. The van der Waals surface area contributed by atoms with Crippen molar-refractivity contribution in [2.45, 2.75) is 44.9 Å². The number of hydrogen-bond acceptors (Lipinski definition) is 2. The van der Waals surface area contributed by atoms with Gasteiger partial charge in [0, 0.05) is 38.7 Å². The van der Waals surface area contributed by atoms with E-state index in [4.69, 9.17) is 4.74 Å². The van der Waals surface area contributed by atoms with Crippen LogP contribution in [0.1, 0.15) is 44.9 Å². The van der Waals surface area contributed by atoms with Gasteiger partial charge in [-0.1, -0.05) is 6.42 Å². The molecular weight excluding hydrogens is 262 g/mol. The number of nitrogens with one attached hydrogen (secondary N) is 1. The SMILES string of the molecule is CN=C(NCC1(C2CC2)CCC1)N1CCC2(CCOC2)C1. The van der Waals surface area contributed by atoms with E-state index in [0.717, 1.165) is 44.7 Å². The Bertz CT molecular complexity index is 420. The molecule has 2 heterocycles. The summed E-state index contributed by atoms with van der Waals surface area (Å²) >= 11 is 0. The van der Waals surface area contributed by atoms with Crippen molar-refractivity contribution in [3.63, 3.8) is 0 Å². The first-order valence-electron chi connectivity index (χ1n) is 8.79. The fraction of sp³-hybridized carbons (Fsp3) is 0.941. The van der Waals surface area contributed by atoms with E-state index in [0.29, 0.717) is 10.8 Å². The van der Waals surface area contributed by atoms with E-state index in [-0.39, 0.29) is 0 Å². The molecule has 1 atom stereocenters. The summed E-state index contributed by atoms with van der Waals surface area (Å²) in [5.74, 6) is 2.13. The molecule has 1 N–H and O–H groups in total. The zero-order valence-electron chi connectivity index (χ0n) is 13.4. The molecule has 4 rings (SSSR count). The molecule has 1 unspecified atom stereocenters. The highest BCUT2D eigenvalue weighted by atomic mass is 16.5. The average molecular weight is 291 g/mol. The van der Waals surface area contributed by atoms with Crippen molar-refractivity contribution < 1.29 is 4.74 Å². The Labute approximate surface area is 128 Å². The molecule has 2 aliphatic heterocycles. The molecule has 0 radical (unpaired) electrons. The summed E-state index contributed by atoms with van der Waals surface area (Å²) in [6.07, 6.45) is 9.71. The minimum Gasteiger partial charge on any atom is -0.381 e. The molecule has 1 spiro atoms. The van der Waals surface area contributed by atoms with Crippen molar-refractivity contribution in [2.75, 3.05) is 39.9 Å². The van der Waals surface area contributed by atoms with Crippen LogP contribution in [0.2, 0.25) is 0 Å². The molecule has 0 bridgehead atoms. The molecule has 0 aromatic heterocycles. The molecule has 2 aliphatic carbocycles. The monoisotopic (exact) mass is 291 g/mol. The summed E-state index contributed by atoms with van der Waals surface area (Å²) in [5.41, 5.74) is 1.03. The maximum Gasteiger partial charge on any atom is 0.193 e. The first-order chi connectivity index (χ1) is 10.3. The van der Waals surface area contributed by atoms with Gasteiger partial charge in [0.15, 0.2) is 5.96 Å². The van der Waals surface area contributed by atoms with Gasteiger partial charge >= 0.3 is 0 Å². The summed E-state index contributed by atoms with van der Waals surface area (Å²) < 4.78 is 5.64. The van der Waals surface area contributed by atoms with Crippen molar-refractivity contribution in [1.29, 1.82) is 0 Å². The number of likely N-dealkylation sites (tertiary alicyclic amines) is 1. The van der Waals surface area contributed by atoms with Crippen LogP contribution in [-0.4, -0.2) is 50.8 Å². The highest BCUT2D eigenvalue weighted by molar-refractivity contribution is 5.80. The van der Waals surface area contributed by atoms with E-state index in [9.17, 15) is 0 Å². The van der Waals surface area contributed by atoms with Crippen LogP contribution in [0.4, 0.5) is 0 Å². The molecule has 2 saturated carbocycles. The Morgan fingerprint density at radius 3 is 2.71 bits per heavy atom. The van der Waals surface area contributed by atoms with Gasteiger partial charge in [-0.3, -0.25) is 4.99 Å². The summed E-state index contributed by atoms with van der Waals surface area (Å²) in [4.78, 5) is 7.02. The number of aliphatic imine (C=N–C) groups is 1. The Morgan fingerprint density at radius 1 is 1.29 bits per heavy atom. The Balaban J connectivity index is 1.35. The van der Waals surface area contributed by atoms with Gasteiger partial charge in [0.05, 0.1) is 6.61 Å². The second-order valence-electron chi connectivity index (χ2n) is 7.87. The molecule has 0 aromatic carbocycles. The molecule has 2 saturated heterocycles. The van der Waals surface area contributed by atoms with Gasteiger partial charge in [-0.25, -0.2) is 0 Å². The molecule has 0 amide bonds. The van der Waals surface area contributed by atoms with Crippen LogP contribution in [0, 0.1) is 16.7 Å². The van der Waals surface area contributed by atoms with Crippen molar-refractivity contribution in [2.24, 2.45) is 21.7 Å². The maximum atomic E-state index is 5.64. The quantitative estimate of drug-likeness (QED) is 0.640. The van der Waals surface area contributed by atoms with Gasteiger partial charge < -0.3 is 15.0 Å². The first-order valence-corrected chi connectivity index (χ1v) is 8.79. The lowest BCUT2D eigenvalue weighted by Crippen LogP contribution is -2.48. The summed E-state index contributed by atoms with van der Waals surface area (Å²) in [6, 6.07) is 0. The van der Waals surface area contributed by atoms with E-state index < -0.39 is 0 Å². The second-order valence-corrected chi connectivity index (χ2v) is 7.87. The summed E-state index contributed by atoms with van der Waals surface area (Å²) in [5, 5.41) is 3.72. The van der Waals surface area contributed by atoms with Crippen LogP contribution in [0.5, 0.6) is 0 Å². The third-order valence-electron chi connectivity index (χ3n) is 6.53. The van der Waals surface area contributed by atoms with Crippen molar-refractivity contribution in [3.8, 4) is 0 Å². The number of ether oxygens (including phenoxy) is 1. The lowest BCUT2D eigenvalue weighted by Gasteiger charge is -2.43. The second kappa shape index (κ2) is 5.15. The van der Waals surface area contributed by atoms with Crippen LogP contribution in [0.25, 0.3) is 0 Å². The zero-order valence-corrected chi connectivity index (χ0v) is 13.4. The molecule has 0 aromatic rings. The minimum absolute atomic E-state index is 0.419. The Morgan fingerprint density at radius 2 is 2.14 bits per heavy atom. The summed E-state index contributed by atoms with van der Waals surface area (Å²) in [7, 11) is 1.93. The highest BCUT2D eigenvalue weighted by Crippen LogP contribution is 2.56. The van der Waals surface area contributed by atoms with Crippen molar-refractivity contribution >= 4 is 5.96 Å². The number of rotatable bonds is 3. The maximum absolute atomic E-state index is 5.64. The number of guanidine groups is 1. The lowest BCUT2D eigenvalue weighted by molar-refractivity contribution is 0.104. The van der Waals surface area contributed by atoms with E-state index in [1.165, 1.54) is 44.9 Å². The van der Waals surface area contributed by atoms with Crippen molar-refractivity contribution in [1.82, 2.24) is 10.2 Å². The standard InChI is InChI=1S/C17H29N3O/c1-18-15(19-11-17(5-2-6-17)14-3-4-14)20-9-7-16(12-20)8-10-21-13-16/h14H,2-13H2,1H3,(H,18,19). The first kappa shape index (κ1) is 13.9. The fourth-order valence-corrected chi connectivity index (χ4v) is 4.73. The largest absolute Gasteiger partial charge is 0.381 e. The third kappa shape index (κ3) is 2.45. The molecule has 118 valence electrons. The van der Waals surface area contributed by atoms with Crippen molar-refractivity contribution in [3.05, 3.63) is 0 Å². The van der Waals surface area contributed by atoms with Crippen LogP contribution in [0.3, 0.4) is 0 Å². The van der Waals surface area contributed by atoms with Gasteiger partial charge in [0.1, 0.15) is 0 Å². The predicted octanol–water partition coefficient (Wildman–Crippen LogP) is 2.25. The molecule has 4 aliphatic rings. The van der Waals surface area contributed by atoms with E-state index in [1.807, 2.05) is 7.05 Å². The van der Waals surface area contributed by atoms with Gasteiger partial charge in [-0.05, 0) is 49.9 Å². The van der Waals surface area contributed by atoms with E-state index in [1.54, 1.807) is 0 Å².